The molecule has 18 heavy (non-hydrogen) atoms. The van der Waals surface area contributed by atoms with Crippen LogP contribution in [0.2, 0.25) is 0 Å². The number of nitrogens with one attached hydrogen (secondary N) is 1. The molecule has 1 aromatic rings. The van der Waals surface area contributed by atoms with Crippen LogP contribution in [0, 0.1) is 5.92 Å². The van der Waals surface area contributed by atoms with E-state index in [0.717, 1.165) is 6.61 Å². The number of sulfone groups is 1. The van der Waals surface area contributed by atoms with Crippen molar-refractivity contribution in [2.75, 3.05) is 31.3 Å². The molecule has 0 radical (unpaired) electrons. The Bertz CT molecular complexity index is 469. The first kappa shape index (κ1) is 15.0. The van der Waals surface area contributed by atoms with Crippen molar-refractivity contribution in [1.29, 1.82) is 0 Å². The van der Waals surface area contributed by atoms with E-state index in [-0.39, 0.29) is 0 Å². The minimum atomic E-state index is -3.19. The first-order chi connectivity index (χ1) is 8.41. The fourth-order valence-electron chi connectivity index (χ4n) is 1.51. The lowest BCUT2D eigenvalue weighted by Gasteiger charge is -2.11. The minimum Gasteiger partial charge on any atom is -0.382 e. The van der Waals surface area contributed by atoms with E-state index < -0.39 is 9.84 Å². The van der Waals surface area contributed by atoms with Crippen LogP contribution in [-0.2, 0) is 14.6 Å². The molecule has 0 aromatic heterocycles. The summed E-state index contributed by atoms with van der Waals surface area (Å²) in [6.45, 7) is 6.06. The lowest BCUT2D eigenvalue weighted by Crippen LogP contribution is -2.13. The molecule has 0 spiro atoms. The zero-order chi connectivity index (χ0) is 13.6. The number of hydrogen-bond acceptors (Lipinski definition) is 4. The van der Waals surface area contributed by atoms with Crippen molar-refractivity contribution in [1.82, 2.24) is 0 Å². The van der Waals surface area contributed by atoms with Gasteiger partial charge in [0.25, 0.3) is 0 Å². The van der Waals surface area contributed by atoms with Gasteiger partial charge in [-0.25, -0.2) is 8.42 Å². The molecule has 1 aromatic carbocycles. The van der Waals surface area contributed by atoms with Crippen LogP contribution in [0.5, 0.6) is 0 Å². The third kappa shape index (κ3) is 5.06. The van der Waals surface area contributed by atoms with Gasteiger partial charge in [-0.05, 0) is 18.1 Å². The molecule has 4 nitrogen and oxygen atoms in total. The molecule has 0 aliphatic heterocycles. The Kier molecular flexibility index (Phi) is 5.62. The van der Waals surface area contributed by atoms with Crippen LogP contribution in [0.15, 0.2) is 29.2 Å². The second-order valence-electron chi connectivity index (χ2n) is 4.66. The van der Waals surface area contributed by atoms with Gasteiger partial charge in [-0.3, -0.25) is 0 Å². The number of hydrogen-bond donors (Lipinski definition) is 1. The van der Waals surface area contributed by atoms with Crippen molar-refractivity contribution < 1.29 is 13.2 Å². The SMILES string of the molecule is CC(C)COCCNc1ccccc1S(C)(=O)=O. The van der Waals surface area contributed by atoms with E-state index in [2.05, 4.69) is 19.2 Å². The van der Waals surface area contributed by atoms with Gasteiger partial charge in [0.15, 0.2) is 9.84 Å². The van der Waals surface area contributed by atoms with Crippen molar-refractivity contribution in [3.05, 3.63) is 24.3 Å². The van der Waals surface area contributed by atoms with Crippen LogP contribution in [0.25, 0.3) is 0 Å². The maximum atomic E-state index is 11.6. The molecule has 0 atom stereocenters. The molecule has 1 rings (SSSR count). The van der Waals surface area contributed by atoms with Crippen LogP contribution in [-0.4, -0.2) is 34.4 Å². The van der Waals surface area contributed by atoms with Crippen molar-refractivity contribution in [2.45, 2.75) is 18.7 Å². The van der Waals surface area contributed by atoms with Gasteiger partial charge in [-0.1, -0.05) is 26.0 Å². The highest BCUT2D eigenvalue weighted by Crippen LogP contribution is 2.19. The Hall–Kier alpha value is -1.07. The number of anilines is 1. The molecule has 102 valence electrons. The van der Waals surface area contributed by atoms with Gasteiger partial charge in [0.2, 0.25) is 0 Å². The summed E-state index contributed by atoms with van der Waals surface area (Å²) in [7, 11) is -3.19. The van der Waals surface area contributed by atoms with Gasteiger partial charge in [0, 0.05) is 19.4 Å². The lowest BCUT2D eigenvalue weighted by molar-refractivity contribution is 0.118. The van der Waals surface area contributed by atoms with Gasteiger partial charge in [-0.15, -0.1) is 0 Å². The zero-order valence-corrected chi connectivity index (χ0v) is 12.0. The molecule has 0 fully saturated rings. The Morgan fingerprint density at radius 2 is 1.94 bits per heavy atom. The minimum absolute atomic E-state index is 0.328. The van der Waals surface area contributed by atoms with Gasteiger partial charge in [0.05, 0.1) is 17.2 Å². The van der Waals surface area contributed by atoms with E-state index in [4.69, 9.17) is 4.74 Å². The number of benzene rings is 1. The fourth-order valence-corrected chi connectivity index (χ4v) is 2.38. The van der Waals surface area contributed by atoms with Crippen molar-refractivity contribution in [3.8, 4) is 0 Å². The average Bonchev–Trinajstić information content (AvgIpc) is 2.27. The summed E-state index contributed by atoms with van der Waals surface area (Å²) in [6, 6.07) is 6.90. The summed E-state index contributed by atoms with van der Waals surface area (Å²) in [4.78, 5) is 0.328. The average molecular weight is 271 g/mol. The first-order valence-electron chi connectivity index (χ1n) is 6.02. The maximum Gasteiger partial charge on any atom is 0.177 e. The molecule has 1 N–H and O–H groups in total. The van der Waals surface area contributed by atoms with E-state index in [1.54, 1.807) is 18.2 Å². The smallest absolute Gasteiger partial charge is 0.177 e. The van der Waals surface area contributed by atoms with Gasteiger partial charge >= 0.3 is 0 Å². The third-order valence-corrected chi connectivity index (χ3v) is 3.45. The second-order valence-corrected chi connectivity index (χ2v) is 6.65. The maximum absolute atomic E-state index is 11.6. The second kappa shape index (κ2) is 6.75. The van der Waals surface area contributed by atoms with E-state index in [0.29, 0.717) is 29.7 Å². The van der Waals surface area contributed by atoms with Crippen LogP contribution >= 0.6 is 0 Å². The number of rotatable bonds is 7. The van der Waals surface area contributed by atoms with Crippen LogP contribution in [0.1, 0.15) is 13.8 Å². The Labute approximate surface area is 109 Å². The Balaban J connectivity index is 2.53. The summed E-state index contributed by atoms with van der Waals surface area (Å²) in [5.74, 6) is 0.508. The highest BCUT2D eigenvalue weighted by atomic mass is 32.2. The van der Waals surface area contributed by atoms with Crippen molar-refractivity contribution >= 4 is 15.5 Å². The number of para-hydroxylation sites is 1. The van der Waals surface area contributed by atoms with Gasteiger partial charge < -0.3 is 10.1 Å². The fraction of sp³-hybridized carbons (Fsp3) is 0.538. The Morgan fingerprint density at radius 3 is 2.56 bits per heavy atom. The molecule has 0 saturated carbocycles. The quantitative estimate of drug-likeness (QED) is 0.772. The van der Waals surface area contributed by atoms with Crippen LogP contribution in [0.3, 0.4) is 0 Å². The normalized spacial score (nSPS) is 11.8. The standard InChI is InChI=1S/C13H21NO3S/c1-11(2)10-17-9-8-14-12-6-4-5-7-13(12)18(3,15)16/h4-7,11,14H,8-10H2,1-3H3. The molecular formula is C13H21NO3S. The predicted octanol–water partition coefficient (Wildman–Crippen LogP) is 2.17. The molecule has 0 saturated heterocycles. The van der Waals surface area contributed by atoms with E-state index in [1.807, 2.05) is 6.07 Å². The van der Waals surface area contributed by atoms with Gasteiger partial charge in [0.1, 0.15) is 0 Å². The van der Waals surface area contributed by atoms with Crippen molar-refractivity contribution in [3.63, 3.8) is 0 Å². The van der Waals surface area contributed by atoms with Gasteiger partial charge in [-0.2, -0.15) is 0 Å². The summed E-state index contributed by atoms with van der Waals surface area (Å²) >= 11 is 0. The molecule has 0 unspecified atom stereocenters. The molecule has 0 amide bonds. The first-order valence-corrected chi connectivity index (χ1v) is 7.91. The molecule has 0 aliphatic rings. The lowest BCUT2D eigenvalue weighted by atomic mass is 10.2. The highest BCUT2D eigenvalue weighted by Gasteiger charge is 2.11. The summed E-state index contributed by atoms with van der Waals surface area (Å²) in [5.41, 5.74) is 0.633. The third-order valence-electron chi connectivity index (χ3n) is 2.30. The summed E-state index contributed by atoms with van der Waals surface area (Å²) < 4.78 is 28.6. The topological polar surface area (TPSA) is 55.4 Å². The van der Waals surface area contributed by atoms with Crippen LogP contribution in [0.4, 0.5) is 5.69 Å². The Morgan fingerprint density at radius 1 is 1.28 bits per heavy atom. The molecule has 0 aliphatic carbocycles. The molecule has 5 heteroatoms. The van der Waals surface area contributed by atoms with E-state index >= 15 is 0 Å². The van der Waals surface area contributed by atoms with Crippen LogP contribution < -0.4 is 5.32 Å². The molecule has 0 heterocycles. The van der Waals surface area contributed by atoms with Crippen molar-refractivity contribution in [2.24, 2.45) is 5.92 Å². The van der Waals surface area contributed by atoms with E-state index in [1.165, 1.54) is 6.26 Å². The molecule has 0 bridgehead atoms. The highest BCUT2D eigenvalue weighted by molar-refractivity contribution is 7.90. The van der Waals surface area contributed by atoms with E-state index in [9.17, 15) is 8.42 Å². The molecular weight excluding hydrogens is 250 g/mol. The zero-order valence-electron chi connectivity index (χ0n) is 11.1. The predicted molar refractivity (Wildman–Crippen MR) is 73.7 cm³/mol. The largest absolute Gasteiger partial charge is 0.382 e. The monoisotopic (exact) mass is 271 g/mol. The summed E-state index contributed by atoms with van der Waals surface area (Å²) in [6.07, 6.45) is 1.21. The summed E-state index contributed by atoms with van der Waals surface area (Å²) in [5, 5.41) is 3.09. The number of ether oxygens (including phenoxy) is 1.